The van der Waals surface area contributed by atoms with Crippen molar-refractivity contribution in [1.82, 2.24) is 4.90 Å². The van der Waals surface area contributed by atoms with Gasteiger partial charge < -0.3 is 9.64 Å². The molecule has 1 saturated heterocycles. The Morgan fingerprint density at radius 1 is 1.50 bits per heavy atom. The van der Waals surface area contributed by atoms with E-state index in [0.717, 1.165) is 5.56 Å². The van der Waals surface area contributed by atoms with E-state index in [-0.39, 0.29) is 19.6 Å². The average Bonchev–Trinajstić information content (AvgIpc) is 2.95. The summed E-state index contributed by atoms with van der Waals surface area (Å²) < 4.78 is 41.7. The van der Waals surface area contributed by atoms with Crippen molar-refractivity contribution in [3.05, 3.63) is 22.4 Å². The fourth-order valence-electron chi connectivity index (χ4n) is 1.95. The summed E-state index contributed by atoms with van der Waals surface area (Å²) in [6.07, 6.45) is -4.68. The first kappa shape index (κ1) is 14.8. The maximum atomic E-state index is 12.2. The molecule has 1 amide bonds. The van der Waals surface area contributed by atoms with Crippen LogP contribution in [0.25, 0.3) is 0 Å². The summed E-state index contributed by atoms with van der Waals surface area (Å²) in [5, 5.41) is 3.64. The number of halogens is 3. The third-order valence-corrected chi connectivity index (χ3v) is 3.61. The third kappa shape index (κ3) is 3.96. The van der Waals surface area contributed by atoms with Gasteiger partial charge in [0.05, 0.1) is 5.92 Å². The lowest BCUT2D eigenvalue weighted by Gasteiger charge is -2.18. The number of nitrogens with zero attached hydrogens (tertiary/aromatic N) is 1. The first-order chi connectivity index (χ1) is 9.35. The van der Waals surface area contributed by atoms with Crippen LogP contribution in [0.3, 0.4) is 0 Å². The predicted molar refractivity (Wildman–Crippen MR) is 64.9 cm³/mol. The van der Waals surface area contributed by atoms with Crippen molar-refractivity contribution in [1.29, 1.82) is 0 Å². The highest BCUT2D eigenvalue weighted by molar-refractivity contribution is 7.07. The molecular formula is C12H12F3NO3S. The van der Waals surface area contributed by atoms with Crippen molar-refractivity contribution < 1.29 is 27.5 Å². The lowest BCUT2D eigenvalue weighted by Crippen LogP contribution is -2.35. The Morgan fingerprint density at radius 2 is 2.25 bits per heavy atom. The third-order valence-electron chi connectivity index (χ3n) is 2.88. The second kappa shape index (κ2) is 5.82. The van der Waals surface area contributed by atoms with E-state index in [2.05, 4.69) is 0 Å². The van der Waals surface area contributed by atoms with Gasteiger partial charge >= 0.3 is 12.1 Å². The molecule has 0 radical (unpaired) electrons. The minimum Gasteiger partial charge on any atom is -0.461 e. The lowest BCUT2D eigenvalue weighted by molar-refractivity contribution is -0.158. The smallest absolute Gasteiger partial charge is 0.406 e. The minimum absolute atomic E-state index is 0.0757. The van der Waals surface area contributed by atoms with Gasteiger partial charge in [-0.15, -0.1) is 0 Å². The van der Waals surface area contributed by atoms with Crippen LogP contribution in [0.5, 0.6) is 0 Å². The highest BCUT2D eigenvalue weighted by Crippen LogP contribution is 2.24. The van der Waals surface area contributed by atoms with Gasteiger partial charge in [-0.3, -0.25) is 9.59 Å². The number of thiophene rings is 1. The summed E-state index contributed by atoms with van der Waals surface area (Å²) in [6, 6.07) is 1.79. The first-order valence-electron chi connectivity index (χ1n) is 5.87. The number of likely N-dealkylation sites (tertiary alicyclic amines) is 1. The molecule has 0 spiro atoms. The number of carbonyl (C=O) groups excluding carboxylic acids is 2. The Hall–Kier alpha value is -1.57. The molecule has 0 unspecified atom stereocenters. The number of esters is 1. The summed E-state index contributed by atoms with van der Waals surface area (Å²) in [7, 11) is 0. The van der Waals surface area contributed by atoms with E-state index in [0.29, 0.717) is 4.90 Å². The quantitative estimate of drug-likeness (QED) is 0.801. The van der Waals surface area contributed by atoms with Crippen LogP contribution in [-0.2, 0) is 20.9 Å². The fraction of sp³-hybridized carbons (Fsp3) is 0.500. The molecule has 0 N–H and O–H groups in total. The number of rotatable bonds is 4. The normalized spacial score (nSPS) is 19.4. The molecule has 8 heteroatoms. The summed E-state index contributed by atoms with van der Waals surface area (Å²) in [6.45, 7) is -1.48. The Labute approximate surface area is 117 Å². The molecule has 0 saturated carbocycles. The summed E-state index contributed by atoms with van der Waals surface area (Å²) >= 11 is 1.45. The van der Waals surface area contributed by atoms with Gasteiger partial charge in [0.25, 0.3) is 0 Å². The monoisotopic (exact) mass is 307 g/mol. The molecule has 1 aromatic rings. The topological polar surface area (TPSA) is 46.6 Å². The molecule has 0 bridgehead atoms. The molecule has 1 aliphatic rings. The standard InChI is InChI=1S/C12H12F3NO3S/c13-12(14,15)7-16-4-9(3-10(16)17)11(18)19-5-8-1-2-20-6-8/h1-2,6,9H,3-5,7H2/t9-/m1/s1. The van der Waals surface area contributed by atoms with Crippen LogP contribution in [0, 0.1) is 5.92 Å². The van der Waals surface area contributed by atoms with Crippen LogP contribution in [0.1, 0.15) is 12.0 Å². The first-order valence-corrected chi connectivity index (χ1v) is 6.81. The van der Waals surface area contributed by atoms with Gasteiger partial charge in [0.2, 0.25) is 5.91 Å². The number of amides is 1. The summed E-state index contributed by atoms with van der Waals surface area (Å²) in [5.74, 6) is -2.11. The Balaban J connectivity index is 1.84. The molecule has 1 aromatic heterocycles. The zero-order chi connectivity index (χ0) is 14.8. The molecule has 1 atom stereocenters. The van der Waals surface area contributed by atoms with Crippen molar-refractivity contribution in [3.63, 3.8) is 0 Å². The van der Waals surface area contributed by atoms with Crippen LogP contribution in [0.15, 0.2) is 16.8 Å². The average molecular weight is 307 g/mol. The molecule has 0 aromatic carbocycles. The molecule has 1 aliphatic heterocycles. The summed E-state index contributed by atoms with van der Waals surface area (Å²) in [5.41, 5.74) is 0.819. The van der Waals surface area contributed by atoms with E-state index in [1.165, 1.54) is 11.3 Å². The zero-order valence-corrected chi connectivity index (χ0v) is 11.2. The van der Waals surface area contributed by atoms with Crippen LogP contribution < -0.4 is 0 Å². The van der Waals surface area contributed by atoms with Crippen molar-refractivity contribution in [2.75, 3.05) is 13.1 Å². The van der Waals surface area contributed by atoms with E-state index in [4.69, 9.17) is 4.74 Å². The van der Waals surface area contributed by atoms with Gasteiger partial charge in [0.15, 0.2) is 0 Å². The van der Waals surface area contributed by atoms with Crippen LogP contribution in [0.4, 0.5) is 13.2 Å². The Kier molecular flexibility index (Phi) is 4.32. The summed E-state index contributed by atoms with van der Waals surface area (Å²) in [4.78, 5) is 23.8. The zero-order valence-electron chi connectivity index (χ0n) is 10.4. The van der Waals surface area contributed by atoms with Crippen molar-refractivity contribution >= 4 is 23.2 Å². The van der Waals surface area contributed by atoms with E-state index < -0.39 is 30.5 Å². The minimum atomic E-state index is -4.45. The highest BCUT2D eigenvalue weighted by Gasteiger charge is 2.41. The molecule has 0 aliphatic carbocycles. The predicted octanol–water partition coefficient (Wildman–Crippen LogP) is 2.20. The van der Waals surface area contributed by atoms with Crippen molar-refractivity contribution in [2.24, 2.45) is 5.92 Å². The number of alkyl halides is 3. The van der Waals surface area contributed by atoms with Crippen molar-refractivity contribution in [2.45, 2.75) is 19.2 Å². The molecule has 2 heterocycles. The molecule has 4 nitrogen and oxygen atoms in total. The second-order valence-corrected chi connectivity index (χ2v) is 5.31. The maximum absolute atomic E-state index is 12.2. The van der Waals surface area contributed by atoms with E-state index in [1.54, 1.807) is 6.07 Å². The number of hydrogen-bond acceptors (Lipinski definition) is 4. The fourth-order valence-corrected chi connectivity index (χ4v) is 2.60. The Morgan fingerprint density at radius 3 is 2.85 bits per heavy atom. The number of ether oxygens (including phenoxy) is 1. The van der Waals surface area contributed by atoms with Gasteiger partial charge in [-0.1, -0.05) is 0 Å². The molecule has 20 heavy (non-hydrogen) atoms. The van der Waals surface area contributed by atoms with Crippen LogP contribution in [0.2, 0.25) is 0 Å². The SMILES string of the molecule is O=C(OCc1ccsc1)[C@@H]1CC(=O)N(CC(F)(F)F)C1. The Bertz CT molecular complexity index is 487. The van der Waals surface area contributed by atoms with Gasteiger partial charge in [0, 0.05) is 18.5 Å². The lowest BCUT2D eigenvalue weighted by atomic mass is 10.1. The maximum Gasteiger partial charge on any atom is 0.406 e. The van der Waals surface area contributed by atoms with Crippen molar-refractivity contribution in [3.8, 4) is 0 Å². The van der Waals surface area contributed by atoms with E-state index >= 15 is 0 Å². The second-order valence-electron chi connectivity index (χ2n) is 4.53. The van der Waals surface area contributed by atoms with Crippen LogP contribution in [-0.4, -0.2) is 36.0 Å². The van der Waals surface area contributed by atoms with Gasteiger partial charge in [-0.25, -0.2) is 0 Å². The molecular weight excluding hydrogens is 295 g/mol. The van der Waals surface area contributed by atoms with Gasteiger partial charge in [-0.05, 0) is 16.8 Å². The largest absolute Gasteiger partial charge is 0.461 e. The van der Waals surface area contributed by atoms with Crippen LogP contribution >= 0.6 is 11.3 Å². The van der Waals surface area contributed by atoms with Gasteiger partial charge in [0.1, 0.15) is 13.2 Å². The molecule has 1 fully saturated rings. The molecule has 110 valence electrons. The van der Waals surface area contributed by atoms with E-state index in [1.807, 2.05) is 10.8 Å². The van der Waals surface area contributed by atoms with E-state index in [9.17, 15) is 22.8 Å². The highest BCUT2D eigenvalue weighted by atomic mass is 32.1. The number of hydrogen-bond donors (Lipinski definition) is 0. The molecule has 2 rings (SSSR count). The number of carbonyl (C=O) groups is 2. The van der Waals surface area contributed by atoms with Gasteiger partial charge in [-0.2, -0.15) is 24.5 Å².